The normalized spacial score (nSPS) is 11.6. The summed E-state index contributed by atoms with van der Waals surface area (Å²) in [6.07, 6.45) is 7.11. The Morgan fingerprint density at radius 2 is 1.50 bits per heavy atom. The van der Waals surface area contributed by atoms with Crippen LogP contribution in [-0.2, 0) is 0 Å². The lowest BCUT2D eigenvalue weighted by molar-refractivity contribution is 0.422. The molecule has 0 saturated carbocycles. The summed E-state index contributed by atoms with van der Waals surface area (Å²) in [7, 11) is 0. The molecule has 3 rings (SSSR count). The monoisotopic (exact) mass is 447 g/mol. The SMILES string of the molecule is CC.CC.CC(C)CC1=NCCC1.CC(C)Nc1ccccn1.CC(C)Nc1ccon1. The van der Waals surface area contributed by atoms with Crippen molar-refractivity contribution in [3.63, 3.8) is 0 Å². The third-order valence-corrected chi connectivity index (χ3v) is 3.58. The summed E-state index contributed by atoms with van der Waals surface area (Å²) < 4.78 is 4.60. The second kappa shape index (κ2) is 21.8. The molecule has 1 aliphatic heterocycles. The van der Waals surface area contributed by atoms with Crippen molar-refractivity contribution >= 4 is 17.3 Å². The number of nitrogens with zero attached hydrogens (tertiary/aromatic N) is 3. The van der Waals surface area contributed by atoms with Gasteiger partial charge in [0.15, 0.2) is 5.82 Å². The zero-order valence-corrected chi connectivity index (χ0v) is 22.3. The van der Waals surface area contributed by atoms with Crippen molar-refractivity contribution in [2.75, 3.05) is 17.2 Å². The van der Waals surface area contributed by atoms with Crippen molar-refractivity contribution in [3.05, 3.63) is 36.7 Å². The van der Waals surface area contributed by atoms with Crippen LogP contribution in [0.4, 0.5) is 11.6 Å². The largest absolute Gasteiger partial charge is 0.368 e. The standard InChI is InChI=1S/C8H12N2.C8H15N.C6H10N2O.2C2H6/c1-7(2)10-8-5-3-4-6-9-8;1-7(2)6-8-4-3-5-9-8;1-5(2)7-6-3-4-9-8-6;2*1-2/h3-7H,1-2H3,(H,9,10);7H,3-6H2,1-2H3;3-5H,1-2H3,(H,7,8);2*1-2H3. The van der Waals surface area contributed by atoms with Crippen LogP contribution in [0.3, 0.4) is 0 Å². The Bertz CT molecular complexity index is 638. The molecule has 0 atom stereocenters. The fraction of sp³-hybridized carbons (Fsp3) is 0.654. The molecular weight excluding hydrogens is 398 g/mol. The summed E-state index contributed by atoms with van der Waals surface area (Å²) in [5, 5.41) is 9.94. The van der Waals surface area contributed by atoms with E-state index in [1.807, 2.05) is 45.9 Å². The second-order valence-corrected chi connectivity index (χ2v) is 7.85. The van der Waals surface area contributed by atoms with Crippen molar-refractivity contribution in [2.45, 2.75) is 101 Å². The lowest BCUT2D eigenvalue weighted by Gasteiger charge is -2.06. The van der Waals surface area contributed by atoms with Crippen LogP contribution in [0.25, 0.3) is 0 Å². The predicted octanol–water partition coefficient (Wildman–Crippen LogP) is 7.72. The first-order valence-electron chi connectivity index (χ1n) is 12.2. The van der Waals surface area contributed by atoms with E-state index in [0.717, 1.165) is 24.1 Å². The van der Waals surface area contributed by atoms with Gasteiger partial charge in [0.2, 0.25) is 0 Å². The Balaban J connectivity index is 0. The van der Waals surface area contributed by atoms with Gasteiger partial charge in [-0.3, -0.25) is 4.99 Å². The molecule has 0 amide bonds. The van der Waals surface area contributed by atoms with Gasteiger partial charge in [-0.1, -0.05) is 52.8 Å². The van der Waals surface area contributed by atoms with Crippen LogP contribution < -0.4 is 10.6 Å². The van der Waals surface area contributed by atoms with Crippen LogP contribution in [0.2, 0.25) is 0 Å². The minimum absolute atomic E-state index is 0.412. The van der Waals surface area contributed by atoms with Crippen LogP contribution in [0, 0.1) is 5.92 Å². The maximum absolute atomic E-state index is 4.60. The topological polar surface area (TPSA) is 75.3 Å². The first-order valence-corrected chi connectivity index (χ1v) is 12.2. The summed E-state index contributed by atoms with van der Waals surface area (Å²) in [4.78, 5) is 8.50. The molecule has 0 spiro atoms. The maximum atomic E-state index is 4.60. The maximum Gasteiger partial charge on any atom is 0.169 e. The molecule has 6 heteroatoms. The molecule has 2 N–H and O–H groups in total. The second-order valence-electron chi connectivity index (χ2n) is 7.85. The fourth-order valence-electron chi connectivity index (χ4n) is 2.56. The van der Waals surface area contributed by atoms with E-state index in [-0.39, 0.29) is 0 Å². The fourth-order valence-corrected chi connectivity index (χ4v) is 2.56. The predicted molar refractivity (Wildman–Crippen MR) is 142 cm³/mol. The van der Waals surface area contributed by atoms with Gasteiger partial charge in [-0.15, -0.1) is 0 Å². The first kappa shape index (κ1) is 31.8. The molecule has 184 valence electrons. The first-order chi connectivity index (χ1) is 15.4. The third kappa shape index (κ3) is 19.6. The number of pyridine rings is 1. The summed E-state index contributed by atoms with van der Waals surface area (Å²) in [6.45, 7) is 21.9. The highest BCUT2D eigenvalue weighted by molar-refractivity contribution is 5.85. The van der Waals surface area contributed by atoms with Gasteiger partial charge in [-0.2, -0.15) is 0 Å². The van der Waals surface area contributed by atoms with E-state index in [1.165, 1.54) is 25.0 Å². The number of hydrogen-bond donors (Lipinski definition) is 2. The smallest absolute Gasteiger partial charge is 0.169 e. The van der Waals surface area contributed by atoms with E-state index in [0.29, 0.717) is 12.1 Å². The van der Waals surface area contributed by atoms with Crippen molar-refractivity contribution in [1.82, 2.24) is 10.1 Å². The number of hydrogen-bond acceptors (Lipinski definition) is 6. The van der Waals surface area contributed by atoms with Crippen molar-refractivity contribution < 1.29 is 4.52 Å². The molecule has 0 saturated heterocycles. The van der Waals surface area contributed by atoms with Gasteiger partial charge in [-0.05, 0) is 65.0 Å². The minimum Gasteiger partial charge on any atom is -0.368 e. The minimum atomic E-state index is 0.412. The van der Waals surface area contributed by atoms with Crippen molar-refractivity contribution in [1.29, 1.82) is 0 Å². The Morgan fingerprint density at radius 1 is 0.875 bits per heavy atom. The van der Waals surface area contributed by atoms with Gasteiger partial charge in [0, 0.05) is 36.6 Å². The van der Waals surface area contributed by atoms with Gasteiger partial charge < -0.3 is 15.2 Å². The number of rotatable bonds is 6. The average molecular weight is 448 g/mol. The van der Waals surface area contributed by atoms with E-state index < -0.39 is 0 Å². The molecule has 0 aromatic carbocycles. The van der Waals surface area contributed by atoms with Crippen LogP contribution in [0.15, 0.2) is 46.2 Å². The van der Waals surface area contributed by atoms with Crippen molar-refractivity contribution in [2.24, 2.45) is 10.9 Å². The van der Waals surface area contributed by atoms with Crippen LogP contribution in [0.5, 0.6) is 0 Å². The lowest BCUT2D eigenvalue weighted by atomic mass is 10.1. The Hall–Kier alpha value is -2.37. The molecule has 2 aromatic heterocycles. The zero-order chi connectivity index (χ0) is 24.8. The van der Waals surface area contributed by atoms with E-state index in [2.05, 4.69) is 71.8 Å². The molecule has 32 heavy (non-hydrogen) atoms. The average Bonchev–Trinajstić information content (AvgIpc) is 3.46. The summed E-state index contributed by atoms with van der Waals surface area (Å²) in [5.41, 5.74) is 1.45. The Morgan fingerprint density at radius 3 is 1.91 bits per heavy atom. The molecule has 0 aliphatic carbocycles. The summed E-state index contributed by atoms with van der Waals surface area (Å²) in [5.74, 6) is 2.53. The van der Waals surface area contributed by atoms with Gasteiger partial charge in [0.25, 0.3) is 0 Å². The molecule has 2 aromatic rings. The molecule has 0 radical (unpaired) electrons. The molecular formula is C26H49N5O. The molecule has 1 aliphatic rings. The third-order valence-electron chi connectivity index (χ3n) is 3.58. The van der Waals surface area contributed by atoms with Gasteiger partial charge >= 0.3 is 0 Å². The van der Waals surface area contributed by atoms with Crippen LogP contribution in [0.1, 0.15) is 88.5 Å². The molecule has 6 nitrogen and oxygen atoms in total. The van der Waals surface area contributed by atoms with Crippen molar-refractivity contribution in [3.8, 4) is 0 Å². The van der Waals surface area contributed by atoms with Gasteiger partial charge in [0.1, 0.15) is 12.1 Å². The van der Waals surface area contributed by atoms with Crippen LogP contribution >= 0.6 is 0 Å². The quantitative estimate of drug-likeness (QED) is 0.474. The highest BCUT2D eigenvalue weighted by Gasteiger charge is 2.06. The zero-order valence-electron chi connectivity index (χ0n) is 22.3. The number of nitrogens with one attached hydrogen (secondary N) is 2. The molecule has 3 heterocycles. The van der Waals surface area contributed by atoms with Gasteiger partial charge in [-0.25, -0.2) is 4.98 Å². The van der Waals surface area contributed by atoms with E-state index in [1.54, 1.807) is 18.5 Å². The lowest BCUT2D eigenvalue weighted by Crippen LogP contribution is -2.10. The summed E-state index contributed by atoms with van der Waals surface area (Å²) in [6, 6.07) is 8.49. The number of anilines is 2. The van der Waals surface area contributed by atoms with E-state index in [4.69, 9.17) is 0 Å². The van der Waals surface area contributed by atoms with Crippen LogP contribution in [-0.4, -0.2) is 34.5 Å². The Labute approximate surface area is 197 Å². The number of aromatic nitrogens is 2. The highest BCUT2D eigenvalue weighted by Crippen LogP contribution is 2.11. The molecule has 0 bridgehead atoms. The molecule has 0 unspecified atom stereocenters. The van der Waals surface area contributed by atoms with Gasteiger partial charge in [0.05, 0.1) is 0 Å². The summed E-state index contributed by atoms with van der Waals surface area (Å²) >= 11 is 0. The number of aliphatic imine (C=N–C) groups is 1. The Kier molecular flexibility index (Phi) is 21.7. The highest BCUT2D eigenvalue weighted by atomic mass is 16.5. The van der Waals surface area contributed by atoms with E-state index >= 15 is 0 Å². The molecule has 0 fully saturated rings. The van der Waals surface area contributed by atoms with E-state index in [9.17, 15) is 0 Å².